The van der Waals surface area contributed by atoms with Crippen molar-refractivity contribution < 1.29 is 14.3 Å². The largest absolute Gasteiger partial charge is 0.463 e. The maximum atomic E-state index is 11.5. The zero-order chi connectivity index (χ0) is 14.7. The number of carbonyl (C=O) groups is 1. The quantitative estimate of drug-likeness (QED) is 0.844. The van der Waals surface area contributed by atoms with E-state index in [1.807, 2.05) is 6.07 Å². The lowest BCUT2D eigenvalue weighted by Crippen LogP contribution is -2.20. The number of rotatable bonds is 2. The number of nitriles is 1. The van der Waals surface area contributed by atoms with Crippen LogP contribution in [0.2, 0.25) is 5.02 Å². The van der Waals surface area contributed by atoms with Gasteiger partial charge in [-0.2, -0.15) is 5.26 Å². The van der Waals surface area contributed by atoms with Gasteiger partial charge in [-0.15, -0.1) is 0 Å². The molecule has 0 saturated carbocycles. The molecule has 0 aliphatic carbocycles. The molecule has 1 atom stereocenters. The Morgan fingerprint density at radius 3 is 2.65 bits per heavy atom. The van der Waals surface area contributed by atoms with Gasteiger partial charge in [-0.1, -0.05) is 23.7 Å². The smallest absolute Gasteiger partial charge is 0.373 e. The van der Waals surface area contributed by atoms with Crippen molar-refractivity contribution in [2.75, 3.05) is 7.11 Å². The number of benzene rings is 1. The van der Waals surface area contributed by atoms with Crippen molar-refractivity contribution in [2.45, 2.75) is 5.92 Å². The highest BCUT2D eigenvalue weighted by molar-refractivity contribution is 6.30. The maximum absolute atomic E-state index is 11.5. The summed E-state index contributed by atoms with van der Waals surface area (Å²) in [5.41, 5.74) is 6.70. The highest BCUT2D eigenvalue weighted by Crippen LogP contribution is 2.33. The summed E-state index contributed by atoms with van der Waals surface area (Å²) in [4.78, 5) is 11.5. The molecule has 0 spiro atoms. The van der Waals surface area contributed by atoms with Crippen molar-refractivity contribution in [1.82, 2.24) is 0 Å². The van der Waals surface area contributed by atoms with Crippen LogP contribution < -0.4 is 5.73 Å². The van der Waals surface area contributed by atoms with Crippen molar-refractivity contribution in [2.24, 2.45) is 5.73 Å². The van der Waals surface area contributed by atoms with Crippen LogP contribution in [0, 0.1) is 11.3 Å². The molecule has 0 saturated heterocycles. The monoisotopic (exact) mass is 290 g/mol. The number of nitrogens with two attached hydrogens (primary N) is 1. The average molecular weight is 291 g/mol. The second kappa shape index (κ2) is 5.68. The summed E-state index contributed by atoms with van der Waals surface area (Å²) in [5.74, 6) is -1.26. The standard InChI is InChI=1S/C14H11ClN2O3/c1-19-14(18)12-6-10(11(7-16)13(17)20-12)8-2-4-9(15)5-3-8/h2-6,10H,17H2,1H3/t10-/m1/s1. The summed E-state index contributed by atoms with van der Waals surface area (Å²) in [6.45, 7) is 0. The van der Waals surface area contributed by atoms with Crippen LogP contribution in [-0.4, -0.2) is 13.1 Å². The Bertz CT molecular complexity index is 641. The SMILES string of the molecule is COC(=O)C1=C[C@H](c2ccc(Cl)cc2)C(C#N)=C(N)O1. The van der Waals surface area contributed by atoms with Crippen LogP contribution in [-0.2, 0) is 14.3 Å². The Labute approximate surface area is 120 Å². The minimum absolute atomic E-state index is 0.0380. The van der Waals surface area contributed by atoms with Crippen molar-refractivity contribution in [3.05, 3.63) is 58.1 Å². The molecule has 0 amide bonds. The molecule has 1 heterocycles. The van der Waals surface area contributed by atoms with Crippen LogP contribution in [0.1, 0.15) is 11.5 Å². The van der Waals surface area contributed by atoms with Crippen molar-refractivity contribution in [3.63, 3.8) is 0 Å². The van der Waals surface area contributed by atoms with Gasteiger partial charge in [-0.3, -0.25) is 0 Å². The summed E-state index contributed by atoms with van der Waals surface area (Å²) < 4.78 is 9.71. The van der Waals surface area contributed by atoms with E-state index in [0.717, 1.165) is 5.56 Å². The summed E-state index contributed by atoms with van der Waals surface area (Å²) >= 11 is 5.84. The van der Waals surface area contributed by atoms with Gasteiger partial charge in [-0.25, -0.2) is 4.79 Å². The van der Waals surface area contributed by atoms with Crippen molar-refractivity contribution in [3.8, 4) is 6.07 Å². The van der Waals surface area contributed by atoms with E-state index >= 15 is 0 Å². The molecule has 2 rings (SSSR count). The molecule has 20 heavy (non-hydrogen) atoms. The van der Waals surface area contributed by atoms with Crippen LogP contribution in [0.3, 0.4) is 0 Å². The molecule has 0 aromatic heterocycles. The fraction of sp³-hybridized carbons (Fsp3) is 0.143. The summed E-state index contributed by atoms with van der Waals surface area (Å²) in [6.07, 6.45) is 1.50. The second-order valence-electron chi connectivity index (χ2n) is 4.04. The number of hydrogen-bond acceptors (Lipinski definition) is 5. The van der Waals surface area contributed by atoms with Gasteiger partial charge in [0, 0.05) is 10.9 Å². The highest BCUT2D eigenvalue weighted by Gasteiger charge is 2.28. The number of hydrogen-bond donors (Lipinski definition) is 1. The number of ether oxygens (including phenoxy) is 2. The van der Waals surface area contributed by atoms with E-state index in [1.54, 1.807) is 24.3 Å². The first-order valence-electron chi connectivity index (χ1n) is 5.70. The van der Waals surface area contributed by atoms with Crippen molar-refractivity contribution in [1.29, 1.82) is 5.26 Å². The van der Waals surface area contributed by atoms with E-state index in [4.69, 9.17) is 22.1 Å². The Morgan fingerprint density at radius 1 is 1.45 bits per heavy atom. The van der Waals surface area contributed by atoms with E-state index < -0.39 is 11.9 Å². The van der Waals surface area contributed by atoms with Gasteiger partial charge < -0.3 is 15.2 Å². The van der Waals surface area contributed by atoms with Crippen LogP contribution >= 0.6 is 11.6 Å². The van der Waals surface area contributed by atoms with Gasteiger partial charge in [0.1, 0.15) is 11.6 Å². The van der Waals surface area contributed by atoms with E-state index in [2.05, 4.69) is 4.74 Å². The number of halogens is 1. The first-order chi connectivity index (χ1) is 9.56. The van der Waals surface area contributed by atoms with E-state index in [-0.39, 0.29) is 17.2 Å². The van der Waals surface area contributed by atoms with Crippen LogP contribution in [0.4, 0.5) is 0 Å². The molecule has 6 heteroatoms. The number of allylic oxidation sites excluding steroid dienone is 2. The number of nitrogens with zero attached hydrogens (tertiary/aromatic N) is 1. The molecule has 1 aliphatic rings. The first kappa shape index (κ1) is 14.0. The van der Waals surface area contributed by atoms with E-state index in [9.17, 15) is 10.1 Å². The van der Waals surface area contributed by atoms with Crippen LogP contribution in [0.25, 0.3) is 0 Å². The molecule has 0 bridgehead atoms. The third-order valence-corrected chi connectivity index (χ3v) is 3.10. The van der Waals surface area contributed by atoms with Gasteiger partial charge >= 0.3 is 5.97 Å². The molecule has 0 fully saturated rings. The third kappa shape index (κ3) is 2.60. The lowest BCUT2D eigenvalue weighted by molar-refractivity contribution is -0.139. The fourth-order valence-electron chi connectivity index (χ4n) is 1.86. The molecule has 1 aromatic carbocycles. The lowest BCUT2D eigenvalue weighted by atomic mass is 9.90. The minimum Gasteiger partial charge on any atom is -0.463 e. The maximum Gasteiger partial charge on any atom is 0.373 e. The molecule has 0 radical (unpaired) electrons. The van der Waals surface area contributed by atoms with E-state index in [1.165, 1.54) is 13.2 Å². The molecular weight excluding hydrogens is 280 g/mol. The third-order valence-electron chi connectivity index (χ3n) is 2.85. The number of methoxy groups -OCH3 is 1. The van der Waals surface area contributed by atoms with Crippen LogP contribution in [0.15, 0.2) is 47.6 Å². The molecule has 102 valence electrons. The molecule has 1 aliphatic heterocycles. The fourth-order valence-corrected chi connectivity index (χ4v) is 1.99. The second-order valence-corrected chi connectivity index (χ2v) is 4.48. The van der Waals surface area contributed by atoms with Gasteiger partial charge in [0.15, 0.2) is 0 Å². The van der Waals surface area contributed by atoms with Gasteiger partial charge in [0.2, 0.25) is 11.6 Å². The summed E-state index contributed by atoms with van der Waals surface area (Å²) in [7, 11) is 1.24. The zero-order valence-corrected chi connectivity index (χ0v) is 11.3. The molecule has 5 nitrogen and oxygen atoms in total. The lowest BCUT2D eigenvalue weighted by Gasteiger charge is -2.21. The summed E-state index contributed by atoms with van der Waals surface area (Å²) in [5, 5.41) is 9.77. The molecule has 0 unspecified atom stereocenters. The van der Waals surface area contributed by atoms with Crippen molar-refractivity contribution >= 4 is 17.6 Å². The molecule has 2 N–H and O–H groups in total. The predicted octanol–water partition coefficient (Wildman–Crippen LogP) is 2.20. The first-order valence-corrected chi connectivity index (χ1v) is 6.07. The predicted molar refractivity (Wildman–Crippen MR) is 72.2 cm³/mol. The number of esters is 1. The average Bonchev–Trinajstić information content (AvgIpc) is 2.46. The molecule has 1 aromatic rings. The number of carbonyl (C=O) groups excluding carboxylic acids is 1. The Balaban J connectivity index is 2.47. The van der Waals surface area contributed by atoms with Crippen LogP contribution in [0.5, 0.6) is 0 Å². The van der Waals surface area contributed by atoms with Gasteiger partial charge in [-0.05, 0) is 23.8 Å². The Hall–Kier alpha value is -2.45. The van der Waals surface area contributed by atoms with E-state index in [0.29, 0.717) is 5.02 Å². The van der Waals surface area contributed by atoms with Gasteiger partial charge in [0.25, 0.3) is 0 Å². The zero-order valence-electron chi connectivity index (χ0n) is 10.6. The van der Waals surface area contributed by atoms with Gasteiger partial charge in [0.05, 0.1) is 7.11 Å². The summed E-state index contributed by atoms with van der Waals surface area (Å²) in [6, 6.07) is 8.91. The highest BCUT2D eigenvalue weighted by atomic mass is 35.5. The minimum atomic E-state index is -0.649. The Kier molecular flexibility index (Phi) is 3.97. The molecular formula is C14H11ClN2O3. The Morgan fingerprint density at radius 2 is 2.10 bits per heavy atom. The normalized spacial score (nSPS) is 17.9. The topological polar surface area (TPSA) is 85.3 Å².